The molecule has 0 fully saturated rings. The number of benzene rings is 2. The van der Waals surface area contributed by atoms with Gasteiger partial charge in [0.1, 0.15) is 5.75 Å². The van der Waals surface area contributed by atoms with Crippen molar-refractivity contribution in [2.75, 3.05) is 25.5 Å². The number of carbonyl (C=O) groups excluding carboxylic acids is 2. The highest BCUT2D eigenvalue weighted by Gasteiger charge is 2.15. The lowest BCUT2D eigenvalue weighted by Gasteiger charge is -2.18. The van der Waals surface area contributed by atoms with Gasteiger partial charge in [0.25, 0.3) is 5.91 Å². The predicted molar refractivity (Wildman–Crippen MR) is 99.4 cm³/mol. The number of halogens is 2. The highest BCUT2D eigenvalue weighted by atomic mass is 35.5. The van der Waals surface area contributed by atoms with Crippen LogP contribution in [-0.4, -0.2) is 36.9 Å². The SMILES string of the molecule is Cc1cccc(OCC(=O)N(C)CC(=O)Nc2c(Cl)cccc2Cl)c1. The number of para-hydroxylation sites is 1. The van der Waals surface area contributed by atoms with E-state index < -0.39 is 5.91 Å². The zero-order valence-electron chi connectivity index (χ0n) is 13.9. The van der Waals surface area contributed by atoms with Crippen LogP contribution >= 0.6 is 23.2 Å². The highest BCUT2D eigenvalue weighted by Crippen LogP contribution is 2.29. The molecule has 0 spiro atoms. The zero-order chi connectivity index (χ0) is 18.4. The number of hydrogen-bond acceptors (Lipinski definition) is 3. The van der Waals surface area contributed by atoms with E-state index in [-0.39, 0.29) is 19.1 Å². The fourth-order valence-electron chi connectivity index (χ4n) is 2.06. The Bertz CT molecular complexity index is 760. The van der Waals surface area contributed by atoms with Crippen LogP contribution in [-0.2, 0) is 9.59 Å². The number of nitrogens with zero attached hydrogens (tertiary/aromatic N) is 1. The van der Waals surface area contributed by atoms with E-state index in [4.69, 9.17) is 27.9 Å². The van der Waals surface area contributed by atoms with Gasteiger partial charge in [0.15, 0.2) is 6.61 Å². The lowest BCUT2D eigenvalue weighted by molar-refractivity contribution is -0.135. The second-order valence-corrected chi connectivity index (χ2v) is 6.31. The van der Waals surface area contributed by atoms with Crippen LogP contribution in [0.2, 0.25) is 10.0 Å². The first-order valence-corrected chi connectivity index (χ1v) is 8.29. The van der Waals surface area contributed by atoms with Crippen molar-refractivity contribution < 1.29 is 14.3 Å². The van der Waals surface area contributed by atoms with Crippen molar-refractivity contribution in [2.45, 2.75) is 6.92 Å². The zero-order valence-corrected chi connectivity index (χ0v) is 15.4. The highest BCUT2D eigenvalue weighted by molar-refractivity contribution is 6.39. The van der Waals surface area contributed by atoms with E-state index in [1.807, 2.05) is 25.1 Å². The summed E-state index contributed by atoms with van der Waals surface area (Å²) in [6.45, 7) is 1.64. The minimum Gasteiger partial charge on any atom is -0.484 e. The van der Waals surface area contributed by atoms with Gasteiger partial charge in [-0.3, -0.25) is 9.59 Å². The van der Waals surface area contributed by atoms with Gasteiger partial charge in [-0.15, -0.1) is 0 Å². The molecule has 0 aliphatic carbocycles. The molecule has 25 heavy (non-hydrogen) atoms. The first-order valence-electron chi connectivity index (χ1n) is 7.54. The summed E-state index contributed by atoms with van der Waals surface area (Å²) in [6.07, 6.45) is 0. The molecule has 132 valence electrons. The van der Waals surface area contributed by atoms with Crippen LogP contribution in [0.3, 0.4) is 0 Å². The smallest absolute Gasteiger partial charge is 0.260 e. The Balaban J connectivity index is 1.87. The molecule has 2 aromatic rings. The quantitative estimate of drug-likeness (QED) is 0.829. The van der Waals surface area contributed by atoms with Gasteiger partial charge in [-0.1, -0.05) is 41.4 Å². The maximum absolute atomic E-state index is 12.1. The number of amides is 2. The van der Waals surface area contributed by atoms with Gasteiger partial charge in [-0.05, 0) is 36.8 Å². The normalized spacial score (nSPS) is 10.2. The molecular formula is C18H18Cl2N2O3. The summed E-state index contributed by atoms with van der Waals surface area (Å²) >= 11 is 12.0. The van der Waals surface area contributed by atoms with Crippen LogP contribution in [0, 0.1) is 6.92 Å². The van der Waals surface area contributed by atoms with Crippen molar-refractivity contribution in [2.24, 2.45) is 0 Å². The average molecular weight is 381 g/mol. The van der Waals surface area contributed by atoms with Crippen LogP contribution in [0.25, 0.3) is 0 Å². The molecule has 0 saturated carbocycles. The van der Waals surface area contributed by atoms with Crippen molar-refractivity contribution in [3.05, 3.63) is 58.1 Å². The standard InChI is InChI=1S/C18H18Cl2N2O3/c1-12-5-3-6-13(9-12)25-11-17(24)22(2)10-16(23)21-18-14(19)7-4-8-15(18)20/h3-9H,10-11H2,1-2H3,(H,21,23). The van der Waals surface area contributed by atoms with Gasteiger partial charge in [0.2, 0.25) is 5.91 Å². The Morgan fingerprint density at radius 2 is 1.76 bits per heavy atom. The molecule has 5 nitrogen and oxygen atoms in total. The molecule has 0 heterocycles. The van der Waals surface area contributed by atoms with Crippen molar-refractivity contribution in [1.82, 2.24) is 4.90 Å². The predicted octanol–water partition coefficient (Wildman–Crippen LogP) is 3.78. The minimum absolute atomic E-state index is 0.141. The third-order valence-corrected chi connectivity index (χ3v) is 4.02. The molecular weight excluding hydrogens is 363 g/mol. The summed E-state index contributed by atoms with van der Waals surface area (Å²) in [7, 11) is 1.52. The van der Waals surface area contributed by atoms with Crippen molar-refractivity contribution >= 4 is 40.7 Å². The summed E-state index contributed by atoms with van der Waals surface area (Å²) in [5.41, 5.74) is 1.36. The molecule has 0 atom stereocenters. The lowest BCUT2D eigenvalue weighted by atomic mass is 10.2. The summed E-state index contributed by atoms with van der Waals surface area (Å²) in [4.78, 5) is 25.5. The van der Waals surface area contributed by atoms with Crippen LogP contribution in [0.15, 0.2) is 42.5 Å². The molecule has 0 aliphatic heterocycles. The van der Waals surface area contributed by atoms with E-state index in [0.717, 1.165) is 5.56 Å². The van der Waals surface area contributed by atoms with E-state index in [0.29, 0.717) is 21.5 Å². The topological polar surface area (TPSA) is 58.6 Å². The number of rotatable bonds is 6. The van der Waals surface area contributed by atoms with E-state index >= 15 is 0 Å². The van der Waals surface area contributed by atoms with Crippen LogP contribution in [0.5, 0.6) is 5.75 Å². The minimum atomic E-state index is -0.401. The number of anilines is 1. The number of nitrogens with one attached hydrogen (secondary N) is 1. The number of carbonyl (C=O) groups is 2. The summed E-state index contributed by atoms with van der Waals surface area (Å²) in [5.74, 6) is -0.114. The van der Waals surface area contributed by atoms with E-state index in [2.05, 4.69) is 5.32 Å². The molecule has 0 bridgehead atoms. The van der Waals surface area contributed by atoms with Gasteiger partial charge in [0.05, 0.1) is 22.3 Å². The van der Waals surface area contributed by atoms with Gasteiger partial charge in [-0.2, -0.15) is 0 Å². The molecule has 0 unspecified atom stereocenters. The van der Waals surface area contributed by atoms with Crippen molar-refractivity contribution in [3.63, 3.8) is 0 Å². The maximum Gasteiger partial charge on any atom is 0.260 e. The van der Waals surface area contributed by atoms with Gasteiger partial charge < -0.3 is 15.0 Å². The average Bonchev–Trinajstić information content (AvgIpc) is 2.56. The molecule has 0 radical (unpaired) electrons. The van der Waals surface area contributed by atoms with E-state index in [1.54, 1.807) is 24.3 Å². The summed E-state index contributed by atoms with van der Waals surface area (Å²) < 4.78 is 5.44. The third-order valence-electron chi connectivity index (χ3n) is 3.39. The molecule has 2 rings (SSSR count). The van der Waals surface area contributed by atoms with Gasteiger partial charge >= 0.3 is 0 Å². The second kappa shape index (κ2) is 8.74. The Morgan fingerprint density at radius 1 is 1.12 bits per heavy atom. The van der Waals surface area contributed by atoms with Crippen molar-refractivity contribution in [1.29, 1.82) is 0 Å². The molecule has 0 saturated heterocycles. The summed E-state index contributed by atoms with van der Waals surface area (Å²) in [6, 6.07) is 12.3. The number of ether oxygens (including phenoxy) is 1. The molecule has 2 aromatic carbocycles. The maximum atomic E-state index is 12.1. The van der Waals surface area contributed by atoms with Gasteiger partial charge in [-0.25, -0.2) is 0 Å². The number of aryl methyl sites for hydroxylation is 1. The Morgan fingerprint density at radius 3 is 2.40 bits per heavy atom. The molecule has 1 N–H and O–H groups in total. The first kappa shape index (κ1) is 19.1. The van der Waals surface area contributed by atoms with Crippen molar-refractivity contribution in [3.8, 4) is 5.75 Å². The van der Waals surface area contributed by atoms with Gasteiger partial charge in [0, 0.05) is 7.05 Å². The first-order chi connectivity index (χ1) is 11.9. The third kappa shape index (κ3) is 5.66. The van der Waals surface area contributed by atoms with Crippen LogP contribution in [0.1, 0.15) is 5.56 Å². The molecule has 7 heteroatoms. The Kier molecular flexibility index (Phi) is 6.67. The second-order valence-electron chi connectivity index (χ2n) is 5.50. The van der Waals surface area contributed by atoms with Crippen LogP contribution in [0.4, 0.5) is 5.69 Å². The van der Waals surface area contributed by atoms with Crippen LogP contribution < -0.4 is 10.1 Å². The number of likely N-dealkylation sites (N-methyl/N-ethyl adjacent to an activating group) is 1. The fourth-order valence-corrected chi connectivity index (χ4v) is 2.55. The largest absolute Gasteiger partial charge is 0.484 e. The number of hydrogen-bond donors (Lipinski definition) is 1. The van der Waals surface area contributed by atoms with E-state index in [1.165, 1.54) is 11.9 Å². The molecule has 2 amide bonds. The molecule has 0 aliphatic rings. The lowest BCUT2D eigenvalue weighted by Crippen LogP contribution is -2.37. The fraction of sp³-hybridized carbons (Fsp3) is 0.222. The van der Waals surface area contributed by atoms with E-state index in [9.17, 15) is 9.59 Å². The Hall–Kier alpha value is -2.24. The molecule has 0 aromatic heterocycles. The Labute approximate surface area is 156 Å². The monoisotopic (exact) mass is 380 g/mol. The summed E-state index contributed by atoms with van der Waals surface area (Å²) in [5, 5.41) is 3.27.